The van der Waals surface area contributed by atoms with Crippen molar-refractivity contribution in [2.24, 2.45) is 5.10 Å². The van der Waals surface area contributed by atoms with Crippen LogP contribution in [0.2, 0.25) is 5.02 Å². The van der Waals surface area contributed by atoms with Crippen LogP contribution in [0.1, 0.15) is 45.0 Å². The van der Waals surface area contributed by atoms with Gasteiger partial charge in [0, 0.05) is 27.9 Å². The second-order valence-electron chi connectivity index (χ2n) is 7.10. The van der Waals surface area contributed by atoms with Gasteiger partial charge in [0.15, 0.2) is 11.5 Å². The monoisotopic (exact) mass is 597 g/mol. The number of benzene rings is 2. The fraction of sp³-hybridized carbons (Fsp3) is 0.304. The smallest absolute Gasteiger partial charge is 0.308 e. The number of unbranched alkanes of at least 4 members (excludes halogenated alkanes) is 1. The number of rotatable bonds is 8. The molecule has 0 N–H and O–H groups in total. The van der Waals surface area contributed by atoms with E-state index >= 15 is 0 Å². The van der Waals surface area contributed by atoms with Crippen LogP contribution in [0.25, 0.3) is 10.9 Å². The Morgan fingerprint density at radius 1 is 1.27 bits per heavy atom. The Morgan fingerprint density at radius 2 is 2.03 bits per heavy atom. The van der Waals surface area contributed by atoms with Crippen molar-refractivity contribution in [2.75, 3.05) is 6.61 Å². The number of carbonyl (C=O) groups is 1. The lowest BCUT2D eigenvalue weighted by Crippen LogP contribution is -2.22. The molecule has 0 saturated heterocycles. The summed E-state index contributed by atoms with van der Waals surface area (Å²) >= 11 is 13.3. The molecule has 33 heavy (non-hydrogen) atoms. The topological polar surface area (TPSA) is 82.8 Å². The van der Waals surface area contributed by atoms with E-state index in [4.69, 9.17) is 21.1 Å². The molecule has 0 radical (unpaired) electrons. The maximum atomic E-state index is 13.3. The maximum Gasteiger partial charge on any atom is 0.308 e. The van der Waals surface area contributed by atoms with Crippen molar-refractivity contribution < 1.29 is 14.3 Å². The molecule has 2 aromatic carbocycles. The number of halogens is 3. The summed E-state index contributed by atoms with van der Waals surface area (Å²) in [5.41, 5.74) is 0.892. The van der Waals surface area contributed by atoms with E-state index in [2.05, 4.69) is 48.9 Å². The van der Waals surface area contributed by atoms with Gasteiger partial charge in [-0.25, -0.2) is 4.98 Å². The zero-order valence-electron chi connectivity index (χ0n) is 18.3. The van der Waals surface area contributed by atoms with Crippen molar-refractivity contribution >= 4 is 66.5 Å². The summed E-state index contributed by atoms with van der Waals surface area (Å²) in [4.78, 5) is 29.4. The minimum Gasteiger partial charge on any atom is -0.490 e. The van der Waals surface area contributed by atoms with Crippen molar-refractivity contribution in [2.45, 2.75) is 40.0 Å². The summed E-state index contributed by atoms with van der Waals surface area (Å²) in [5.74, 6) is 0.456. The number of carbonyl (C=O) groups excluding carboxylic acids is 1. The fourth-order valence-corrected chi connectivity index (χ4v) is 4.13. The van der Waals surface area contributed by atoms with Gasteiger partial charge in [-0.3, -0.25) is 9.59 Å². The van der Waals surface area contributed by atoms with E-state index in [0.717, 1.165) is 17.3 Å². The lowest BCUT2D eigenvalue weighted by Gasteiger charge is -2.14. The van der Waals surface area contributed by atoms with Crippen LogP contribution < -0.4 is 15.0 Å². The van der Waals surface area contributed by atoms with E-state index in [9.17, 15) is 9.59 Å². The predicted molar refractivity (Wildman–Crippen MR) is 137 cm³/mol. The van der Waals surface area contributed by atoms with E-state index in [1.54, 1.807) is 19.1 Å². The summed E-state index contributed by atoms with van der Waals surface area (Å²) in [6, 6.07) is 7.03. The van der Waals surface area contributed by atoms with Gasteiger partial charge in [-0.1, -0.05) is 40.9 Å². The predicted octanol–water partition coefficient (Wildman–Crippen LogP) is 6.12. The van der Waals surface area contributed by atoms with Gasteiger partial charge in [-0.05, 0) is 53.5 Å². The third-order valence-corrected chi connectivity index (χ3v) is 6.58. The van der Waals surface area contributed by atoms with Gasteiger partial charge in [-0.15, -0.1) is 0 Å². The Balaban J connectivity index is 2.15. The Morgan fingerprint density at radius 3 is 2.70 bits per heavy atom. The quantitative estimate of drug-likeness (QED) is 0.177. The molecule has 7 nitrogen and oxygen atoms in total. The van der Waals surface area contributed by atoms with E-state index < -0.39 is 5.97 Å². The molecule has 3 aromatic rings. The molecular formula is C23H22Br2ClN3O4. The first-order valence-corrected chi connectivity index (χ1v) is 12.3. The highest BCUT2D eigenvalue weighted by molar-refractivity contribution is 9.10. The van der Waals surface area contributed by atoms with Crippen LogP contribution in [0.15, 0.2) is 43.1 Å². The zero-order chi connectivity index (χ0) is 24.1. The van der Waals surface area contributed by atoms with Crippen molar-refractivity contribution in [1.29, 1.82) is 0 Å². The third kappa shape index (κ3) is 5.83. The first kappa shape index (κ1) is 25.4. The second kappa shape index (κ2) is 11.3. The van der Waals surface area contributed by atoms with Gasteiger partial charge in [0.05, 0.1) is 23.7 Å². The van der Waals surface area contributed by atoms with Gasteiger partial charge in [-0.2, -0.15) is 9.78 Å². The molecule has 174 valence electrons. The second-order valence-corrected chi connectivity index (χ2v) is 9.19. The Hall–Kier alpha value is -2.23. The lowest BCUT2D eigenvalue weighted by molar-refractivity contribution is -0.132. The standard InChI is InChI=1S/C23H22Br2ClN3O4/c1-4-6-7-19-28-17-9-8-15(24)11-16(17)23(31)29(19)27-12-14-10-18(32-5-2)22(33-13(3)30)21(26)20(14)25/h8-12H,4-7H2,1-3H3. The Labute approximate surface area is 213 Å². The van der Waals surface area contributed by atoms with Gasteiger partial charge in [0.2, 0.25) is 0 Å². The van der Waals surface area contributed by atoms with Crippen LogP contribution in [-0.2, 0) is 11.2 Å². The summed E-state index contributed by atoms with van der Waals surface area (Å²) in [6.45, 7) is 5.50. The lowest BCUT2D eigenvalue weighted by atomic mass is 10.2. The number of nitrogens with zero attached hydrogens (tertiary/aromatic N) is 3. The number of aryl methyl sites for hydroxylation is 1. The number of hydrogen-bond acceptors (Lipinski definition) is 6. The molecule has 0 fully saturated rings. The number of aromatic nitrogens is 2. The van der Waals surface area contributed by atoms with Crippen molar-refractivity contribution in [3.63, 3.8) is 0 Å². The molecular weight excluding hydrogens is 578 g/mol. The van der Waals surface area contributed by atoms with E-state index in [1.165, 1.54) is 17.8 Å². The van der Waals surface area contributed by atoms with Gasteiger partial charge < -0.3 is 9.47 Å². The molecule has 0 aliphatic rings. The highest BCUT2D eigenvalue weighted by Crippen LogP contribution is 2.42. The highest BCUT2D eigenvalue weighted by Gasteiger charge is 2.19. The first-order chi connectivity index (χ1) is 15.8. The summed E-state index contributed by atoms with van der Waals surface area (Å²) in [7, 11) is 0. The molecule has 0 atom stereocenters. The van der Waals surface area contributed by atoms with Gasteiger partial charge in [0.1, 0.15) is 10.8 Å². The normalized spacial score (nSPS) is 11.3. The summed E-state index contributed by atoms with van der Waals surface area (Å²) < 4.78 is 13.4. The molecule has 1 aromatic heterocycles. The van der Waals surface area contributed by atoms with Gasteiger partial charge >= 0.3 is 5.97 Å². The SMILES string of the molecule is CCCCc1nc2ccc(Br)cc2c(=O)n1N=Cc1cc(OCC)c(OC(C)=O)c(Cl)c1Br. The number of hydrogen-bond donors (Lipinski definition) is 0. The molecule has 0 bridgehead atoms. The number of fused-ring (bicyclic) bond motifs is 1. The molecule has 0 amide bonds. The zero-order valence-corrected chi connectivity index (χ0v) is 22.3. The number of esters is 1. The van der Waals surface area contributed by atoms with Gasteiger partial charge in [0.25, 0.3) is 5.56 Å². The summed E-state index contributed by atoms with van der Waals surface area (Å²) in [6.07, 6.45) is 3.92. The first-order valence-electron chi connectivity index (χ1n) is 10.4. The van der Waals surface area contributed by atoms with Crippen molar-refractivity contribution in [1.82, 2.24) is 9.66 Å². The molecule has 0 aliphatic carbocycles. The van der Waals surface area contributed by atoms with Crippen molar-refractivity contribution in [3.8, 4) is 11.5 Å². The minimum absolute atomic E-state index is 0.119. The Bertz CT molecular complexity index is 1290. The molecule has 1 heterocycles. The van der Waals surface area contributed by atoms with E-state index in [0.29, 0.717) is 45.5 Å². The van der Waals surface area contributed by atoms with Crippen LogP contribution >= 0.6 is 43.5 Å². The minimum atomic E-state index is -0.522. The molecule has 0 spiro atoms. The highest BCUT2D eigenvalue weighted by atomic mass is 79.9. The van der Waals surface area contributed by atoms with Crippen LogP contribution in [0.5, 0.6) is 11.5 Å². The molecule has 0 aliphatic heterocycles. The molecule has 3 rings (SSSR count). The van der Waals surface area contributed by atoms with E-state index in [1.807, 2.05) is 12.1 Å². The average molecular weight is 600 g/mol. The third-order valence-electron chi connectivity index (χ3n) is 4.64. The summed E-state index contributed by atoms with van der Waals surface area (Å²) in [5, 5.41) is 5.07. The van der Waals surface area contributed by atoms with Crippen LogP contribution in [0.4, 0.5) is 0 Å². The number of ether oxygens (including phenoxy) is 2. The van der Waals surface area contributed by atoms with Crippen molar-refractivity contribution in [3.05, 3.63) is 60.0 Å². The maximum absolute atomic E-state index is 13.3. The molecule has 10 heteroatoms. The molecule has 0 saturated carbocycles. The Kier molecular flexibility index (Phi) is 8.67. The van der Waals surface area contributed by atoms with Crippen LogP contribution in [-0.4, -0.2) is 28.5 Å². The van der Waals surface area contributed by atoms with Crippen LogP contribution in [0.3, 0.4) is 0 Å². The average Bonchev–Trinajstić information content (AvgIpc) is 2.78. The van der Waals surface area contributed by atoms with E-state index in [-0.39, 0.29) is 16.3 Å². The fourth-order valence-electron chi connectivity index (χ4n) is 3.13. The van der Waals surface area contributed by atoms with Crippen LogP contribution in [0, 0.1) is 0 Å². The molecule has 0 unspecified atom stereocenters. The largest absolute Gasteiger partial charge is 0.490 e.